The van der Waals surface area contributed by atoms with Crippen molar-refractivity contribution in [2.45, 2.75) is 58.1 Å². The molecular formula is C20H30N4O2S. The van der Waals surface area contributed by atoms with Crippen molar-refractivity contribution in [3.63, 3.8) is 0 Å². The topological polar surface area (TPSA) is 71.7 Å². The molecular weight excluding hydrogens is 360 g/mol. The number of rotatable bonds is 9. The van der Waals surface area contributed by atoms with Gasteiger partial charge in [-0.1, -0.05) is 25.3 Å². The molecule has 2 aromatic rings. The number of guanidine groups is 1. The lowest BCUT2D eigenvalue weighted by Gasteiger charge is -2.22. The number of hydrogen-bond acceptors (Lipinski definition) is 5. The van der Waals surface area contributed by atoms with E-state index in [9.17, 15) is 0 Å². The summed E-state index contributed by atoms with van der Waals surface area (Å²) in [6.07, 6.45) is 9.58. The summed E-state index contributed by atoms with van der Waals surface area (Å²) in [6, 6.07) is 4.00. The minimum atomic E-state index is 0.477. The van der Waals surface area contributed by atoms with Gasteiger partial charge in [-0.25, -0.2) is 9.98 Å². The third kappa shape index (κ3) is 6.66. The van der Waals surface area contributed by atoms with E-state index in [2.05, 4.69) is 27.5 Å². The summed E-state index contributed by atoms with van der Waals surface area (Å²) in [4.78, 5) is 10.1. The molecule has 1 fully saturated rings. The smallest absolute Gasteiger partial charge is 0.236 e. The van der Waals surface area contributed by atoms with Crippen molar-refractivity contribution in [1.29, 1.82) is 0 Å². The van der Waals surface area contributed by atoms with E-state index in [-0.39, 0.29) is 0 Å². The van der Waals surface area contributed by atoms with Crippen LogP contribution in [0.3, 0.4) is 0 Å². The Morgan fingerprint density at radius 3 is 3.00 bits per heavy atom. The molecule has 2 heterocycles. The lowest BCUT2D eigenvalue weighted by atomic mass is 9.98. The van der Waals surface area contributed by atoms with Crippen LogP contribution < -0.4 is 10.6 Å². The van der Waals surface area contributed by atoms with Gasteiger partial charge in [-0.15, -0.1) is 11.3 Å². The molecule has 0 aromatic carbocycles. The average molecular weight is 391 g/mol. The highest BCUT2D eigenvalue weighted by molar-refractivity contribution is 7.13. The van der Waals surface area contributed by atoms with Gasteiger partial charge in [0.2, 0.25) is 5.89 Å². The summed E-state index contributed by atoms with van der Waals surface area (Å²) in [6.45, 7) is 5.03. The molecule has 3 rings (SSSR count). The van der Waals surface area contributed by atoms with Crippen LogP contribution in [0, 0.1) is 0 Å². The van der Waals surface area contributed by atoms with Gasteiger partial charge in [-0.05, 0) is 37.6 Å². The predicted molar refractivity (Wildman–Crippen MR) is 110 cm³/mol. The van der Waals surface area contributed by atoms with Crippen molar-refractivity contribution >= 4 is 17.3 Å². The third-order valence-electron chi connectivity index (χ3n) is 4.55. The van der Waals surface area contributed by atoms with Crippen LogP contribution in [0.2, 0.25) is 0 Å². The van der Waals surface area contributed by atoms with Gasteiger partial charge in [0.05, 0.1) is 17.5 Å². The second-order valence-electron chi connectivity index (χ2n) is 6.73. The van der Waals surface area contributed by atoms with Crippen molar-refractivity contribution in [3.05, 3.63) is 29.5 Å². The molecule has 1 aliphatic carbocycles. The van der Waals surface area contributed by atoms with Gasteiger partial charge in [-0.3, -0.25) is 0 Å². The van der Waals surface area contributed by atoms with E-state index >= 15 is 0 Å². The molecule has 0 saturated heterocycles. The Bertz CT molecular complexity index is 678. The van der Waals surface area contributed by atoms with Crippen molar-refractivity contribution in [3.8, 4) is 10.8 Å². The highest BCUT2D eigenvalue weighted by Gasteiger charge is 2.13. The summed E-state index contributed by atoms with van der Waals surface area (Å²) in [5.74, 6) is 1.46. The third-order valence-corrected chi connectivity index (χ3v) is 5.40. The maximum absolute atomic E-state index is 5.97. The fourth-order valence-electron chi connectivity index (χ4n) is 3.16. The average Bonchev–Trinajstić information content (AvgIpc) is 3.38. The Morgan fingerprint density at radius 2 is 2.22 bits per heavy atom. The zero-order valence-corrected chi connectivity index (χ0v) is 16.9. The van der Waals surface area contributed by atoms with Crippen LogP contribution in [0.4, 0.5) is 0 Å². The van der Waals surface area contributed by atoms with Gasteiger partial charge >= 0.3 is 0 Å². The molecule has 1 aliphatic rings. The molecule has 0 radical (unpaired) electrons. The standard InChI is InChI=1S/C20H30N4O2S/c1-2-21-20(22-11-7-12-25-17-8-4-3-5-9-17)23-14-16-15-26-19(24-16)18-10-6-13-27-18/h6,10,13,15,17H,2-5,7-9,11-12,14H2,1H3,(H2,21,22,23). The van der Waals surface area contributed by atoms with Crippen LogP contribution in [0.15, 0.2) is 33.2 Å². The predicted octanol–water partition coefficient (Wildman–Crippen LogP) is 4.20. The van der Waals surface area contributed by atoms with Crippen molar-refractivity contribution in [2.75, 3.05) is 19.7 Å². The van der Waals surface area contributed by atoms with Crippen molar-refractivity contribution in [1.82, 2.24) is 15.6 Å². The second kappa shape index (κ2) is 11.1. The molecule has 0 aliphatic heterocycles. The normalized spacial score (nSPS) is 15.8. The lowest BCUT2D eigenvalue weighted by Crippen LogP contribution is -2.38. The Morgan fingerprint density at radius 1 is 1.33 bits per heavy atom. The number of hydrogen-bond donors (Lipinski definition) is 2. The van der Waals surface area contributed by atoms with Crippen LogP contribution in [-0.4, -0.2) is 36.7 Å². The van der Waals surface area contributed by atoms with Gasteiger partial charge in [0.15, 0.2) is 5.96 Å². The molecule has 2 aromatic heterocycles. The summed E-state index contributed by atoms with van der Waals surface area (Å²) in [5, 5.41) is 8.65. The zero-order chi connectivity index (χ0) is 18.7. The van der Waals surface area contributed by atoms with Gasteiger partial charge in [0.1, 0.15) is 12.0 Å². The van der Waals surface area contributed by atoms with E-state index < -0.39 is 0 Å². The van der Waals surface area contributed by atoms with E-state index in [1.807, 2.05) is 17.5 Å². The van der Waals surface area contributed by atoms with E-state index in [1.165, 1.54) is 32.1 Å². The Kier molecular flexibility index (Phi) is 8.17. The monoisotopic (exact) mass is 390 g/mol. The SMILES string of the molecule is CCNC(=NCc1coc(-c2cccs2)n1)NCCCOC1CCCCC1. The van der Waals surface area contributed by atoms with Gasteiger partial charge < -0.3 is 19.8 Å². The van der Waals surface area contributed by atoms with E-state index in [4.69, 9.17) is 9.15 Å². The number of nitrogens with one attached hydrogen (secondary N) is 2. The number of ether oxygens (including phenoxy) is 1. The Balaban J connectivity index is 1.39. The van der Waals surface area contributed by atoms with Gasteiger partial charge in [-0.2, -0.15) is 0 Å². The van der Waals surface area contributed by atoms with E-state index in [1.54, 1.807) is 17.6 Å². The molecule has 0 bridgehead atoms. The van der Waals surface area contributed by atoms with Crippen LogP contribution in [0.5, 0.6) is 0 Å². The number of thiophene rings is 1. The number of oxazole rings is 1. The second-order valence-corrected chi connectivity index (χ2v) is 7.68. The van der Waals surface area contributed by atoms with Gasteiger partial charge in [0, 0.05) is 19.7 Å². The van der Waals surface area contributed by atoms with Crippen LogP contribution >= 0.6 is 11.3 Å². The first-order valence-corrected chi connectivity index (χ1v) is 10.8. The highest BCUT2D eigenvalue weighted by Crippen LogP contribution is 2.23. The summed E-state index contributed by atoms with van der Waals surface area (Å²) in [5.41, 5.74) is 0.830. The van der Waals surface area contributed by atoms with E-state index in [0.717, 1.165) is 42.6 Å². The Hall–Kier alpha value is -1.86. The first-order chi connectivity index (χ1) is 13.3. The summed E-state index contributed by atoms with van der Waals surface area (Å²) >= 11 is 1.62. The van der Waals surface area contributed by atoms with Crippen LogP contribution in [0.25, 0.3) is 10.8 Å². The largest absolute Gasteiger partial charge is 0.443 e. The van der Waals surface area contributed by atoms with Crippen LogP contribution in [-0.2, 0) is 11.3 Å². The van der Waals surface area contributed by atoms with Crippen LogP contribution in [0.1, 0.15) is 51.1 Å². The molecule has 7 heteroatoms. The lowest BCUT2D eigenvalue weighted by molar-refractivity contribution is 0.0277. The minimum absolute atomic E-state index is 0.477. The molecule has 0 atom stereocenters. The molecule has 1 saturated carbocycles. The molecule has 0 unspecified atom stereocenters. The molecule has 148 valence electrons. The van der Waals surface area contributed by atoms with E-state index in [0.29, 0.717) is 18.5 Å². The number of aliphatic imine (C=N–C) groups is 1. The first kappa shape index (κ1) is 19.9. The molecule has 0 amide bonds. The number of nitrogens with zero attached hydrogens (tertiary/aromatic N) is 2. The number of aromatic nitrogens is 1. The molecule has 2 N–H and O–H groups in total. The zero-order valence-electron chi connectivity index (χ0n) is 16.1. The molecule has 27 heavy (non-hydrogen) atoms. The van der Waals surface area contributed by atoms with Crippen molar-refractivity contribution in [2.24, 2.45) is 4.99 Å². The minimum Gasteiger partial charge on any atom is -0.443 e. The first-order valence-electron chi connectivity index (χ1n) is 9.97. The Labute approximate surface area is 165 Å². The highest BCUT2D eigenvalue weighted by atomic mass is 32.1. The van der Waals surface area contributed by atoms with Crippen molar-refractivity contribution < 1.29 is 9.15 Å². The van der Waals surface area contributed by atoms with Gasteiger partial charge in [0.25, 0.3) is 0 Å². The molecule has 0 spiro atoms. The fourth-order valence-corrected chi connectivity index (χ4v) is 3.81. The quantitative estimate of drug-likeness (QED) is 0.381. The summed E-state index contributed by atoms with van der Waals surface area (Å²) < 4.78 is 11.5. The maximum Gasteiger partial charge on any atom is 0.236 e. The maximum atomic E-state index is 5.97. The fraction of sp³-hybridized carbons (Fsp3) is 0.600. The molecule has 6 nitrogen and oxygen atoms in total. The summed E-state index contributed by atoms with van der Waals surface area (Å²) in [7, 11) is 0.